The van der Waals surface area contributed by atoms with Crippen molar-refractivity contribution in [3.63, 3.8) is 0 Å². The highest BCUT2D eigenvalue weighted by Crippen LogP contribution is 2.23. The first-order chi connectivity index (χ1) is 8.96. The van der Waals surface area contributed by atoms with Crippen molar-refractivity contribution < 1.29 is 14.7 Å². The van der Waals surface area contributed by atoms with E-state index in [4.69, 9.17) is 10.8 Å². The normalized spacial score (nSPS) is 22.3. The first-order valence-electron chi connectivity index (χ1n) is 5.79. The minimum absolute atomic E-state index is 0.177. The molecule has 8 nitrogen and oxygen atoms in total. The molecule has 0 saturated carbocycles. The third-order valence-electron chi connectivity index (χ3n) is 3.16. The first-order valence-corrected chi connectivity index (χ1v) is 5.79. The van der Waals surface area contributed by atoms with E-state index in [2.05, 4.69) is 15.5 Å². The number of aliphatic carboxylic acids is 1. The number of hydrogen-bond acceptors (Lipinski definition) is 6. The zero-order valence-electron chi connectivity index (χ0n) is 10.5. The Balaban J connectivity index is 2.12. The monoisotopic (exact) mass is 265 g/mol. The molecule has 1 aromatic heterocycles. The van der Waals surface area contributed by atoms with E-state index in [1.807, 2.05) is 0 Å². The van der Waals surface area contributed by atoms with Gasteiger partial charge in [-0.25, -0.2) is 0 Å². The van der Waals surface area contributed by atoms with Crippen LogP contribution in [0.2, 0.25) is 0 Å². The number of rotatable bonds is 3. The van der Waals surface area contributed by atoms with Crippen molar-refractivity contribution in [2.24, 2.45) is 5.73 Å². The third kappa shape index (κ3) is 2.48. The van der Waals surface area contributed by atoms with Crippen molar-refractivity contribution >= 4 is 17.7 Å². The largest absolute Gasteiger partial charge is 0.480 e. The molecule has 0 aliphatic carbocycles. The number of nitrogens with two attached hydrogens (primary N) is 1. The van der Waals surface area contributed by atoms with Crippen LogP contribution in [-0.4, -0.2) is 52.9 Å². The van der Waals surface area contributed by atoms with Gasteiger partial charge in [-0.1, -0.05) is 0 Å². The maximum absolute atomic E-state index is 11.3. The number of aromatic nitrogens is 2. The fourth-order valence-electron chi connectivity index (χ4n) is 1.95. The topological polar surface area (TPSA) is 121 Å². The SMILES string of the molecule is CNC(=O)c1ccc(N2CCC(N)(C(=O)O)C2)nn1. The molecule has 2 rings (SSSR count). The lowest BCUT2D eigenvalue weighted by atomic mass is 10.0. The Morgan fingerprint density at radius 2 is 2.21 bits per heavy atom. The molecular weight excluding hydrogens is 250 g/mol. The summed E-state index contributed by atoms with van der Waals surface area (Å²) >= 11 is 0. The van der Waals surface area contributed by atoms with Gasteiger partial charge in [0, 0.05) is 20.1 Å². The summed E-state index contributed by atoms with van der Waals surface area (Å²) in [5.41, 5.74) is 4.74. The van der Waals surface area contributed by atoms with Gasteiger partial charge >= 0.3 is 5.97 Å². The lowest BCUT2D eigenvalue weighted by Crippen LogP contribution is -2.50. The van der Waals surface area contributed by atoms with E-state index in [1.165, 1.54) is 7.05 Å². The Kier molecular flexibility index (Phi) is 3.34. The van der Waals surface area contributed by atoms with E-state index in [9.17, 15) is 9.59 Å². The maximum atomic E-state index is 11.3. The molecule has 0 radical (unpaired) electrons. The minimum atomic E-state index is -1.25. The molecule has 1 aliphatic rings. The molecule has 4 N–H and O–H groups in total. The number of nitrogens with one attached hydrogen (secondary N) is 1. The van der Waals surface area contributed by atoms with Crippen molar-refractivity contribution in [3.8, 4) is 0 Å². The zero-order valence-corrected chi connectivity index (χ0v) is 10.5. The van der Waals surface area contributed by atoms with Gasteiger partial charge < -0.3 is 21.1 Å². The lowest BCUT2D eigenvalue weighted by molar-refractivity contribution is -0.142. The molecule has 8 heteroatoms. The molecule has 1 atom stereocenters. The summed E-state index contributed by atoms with van der Waals surface area (Å²) in [5.74, 6) is -0.828. The summed E-state index contributed by atoms with van der Waals surface area (Å²) < 4.78 is 0. The highest BCUT2D eigenvalue weighted by Gasteiger charge is 2.41. The highest BCUT2D eigenvalue weighted by molar-refractivity contribution is 5.91. The van der Waals surface area contributed by atoms with Crippen LogP contribution < -0.4 is 16.0 Å². The average Bonchev–Trinajstić information content (AvgIpc) is 2.82. The molecule has 1 amide bonds. The van der Waals surface area contributed by atoms with E-state index < -0.39 is 11.5 Å². The van der Waals surface area contributed by atoms with Gasteiger partial charge in [0.05, 0.1) is 0 Å². The van der Waals surface area contributed by atoms with Crippen LogP contribution in [-0.2, 0) is 4.79 Å². The number of carbonyl (C=O) groups excluding carboxylic acids is 1. The average molecular weight is 265 g/mol. The molecule has 2 heterocycles. The standard InChI is InChI=1S/C11H15N5O3/c1-13-9(17)7-2-3-8(15-14-7)16-5-4-11(12,6-16)10(18)19/h2-3H,4-6,12H2,1H3,(H,13,17)(H,18,19). The summed E-state index contributed by atoms with van der Waals surface area (Å²) in [5, 5.41) is 19.2. The van der Waals surface area contributed by atoms with Crippen molar-refractivity contribution in [1.82, 2.24) is 15.5 Å². The summed E-state index contributed by atoms with van der Waals surface area (Å²) in [6, 6.07) is 3.17. The van der Waals surface area contributed by atoms with Gasteiger partial charge in [0.15, 0.2) is 11.5 Å². The van der Waals surface area contributed by atoms with Crippen molar-refractivity contribution in [2.45, 2.75) is 12.0 Å². The Morgan fingerprint density at radius 1 is 1.47 bits per heavy atom. The predicted molar refractivity (Wildman–Crippen MR) is 66.8 cm³/mol. The second-order valence-corrected chi connectivity index (χ2v) is 4.49. The molecule has 1 unspecified atom stereocenters. The first kappa shape index (κ1) is 13.2. The van der Waals surface area contributed by atoms with Crippen LogP contribution in [0.4, 0.5) is 5.82 Å². The van der Waals surface area contributed by atoms with E-state index >= 15 is 0 Å². The number of carboxylic acids is 1. The molecular formula is C11H15N5O3. The Labute approximate surface area is 109 Å². The van der Waals surface area contributed by atoms with Gasteiger partial charge in [-0.15, -0.1) is 10.2 Å². The Morgan fingerprint density at radius 3 is 2.68 bits per heavy atom. The molecule has 0 aromatic carbocycles. The second-order valence-electron chi connectivity index (χ2n) is 4.49. The number of anilines is 1. The van der Waals surface area contributed by atoms with Crippen molar-refractivity contribution in [2.75, 3.05) is 25.0 Å². The summed E-state index contributed by atoms with van der Waals surface area (Å²) in [6.45, 7) is 0.674. The predicted octanol–water partition coefficient (Wildman–Crippen LogP) is -1.17. The summed E-state index contributed by atoms with van der Waals surface area (Å²) in [7, 11) is 1.51. The Bertz CT molecular complexity index is 504. The molecule has 1 saturated heterocycles. The van der Waals surface area contributed by atoms with E-state index in [1.54, 1.807) is 17.0 Å². The minimum Gasteiger partial charge on any atom is -0.480 e. The van der Waals surface area contributed by atoms with Crippen LogP contribution in [0.1, 0.15) is 16.9 Å². The highest BCUT2D eigenvalue weighted by atomic mass is 16.4. The van der Waals surface area contributed by atoms with E-state index in [-0.39, 0.29) is 18.1 Å². The van der Waals surface area contributed by atoms with Crippen LogP contribution in [0, 0.1) is 0 Å². The number of carboxylic acid groups (broad SMARTS) is 1. The van der Waals surface area contributed by atoms with Crippen molar-refractivity contribution in [3.05, 3.63) is 17.8 Å². The van der Waals surface area contributed by atoms with Gasteiger partial charge in [0.2, 0.25) is 0 Å². The van der Waals surface area contributed by atoms with E-state index in [0.29, 0.717) is 18.8 Å². The molecule has 19 heavy (non-hydrogen) atoms. The molecule has 102 valence electrons. The van der Waals surface area contributed by atoms with Crippen LogP contribution in [0.3, 0.4) is 0 Å². The van der Waals surface area contributed by atoms with Crippen LogP contribution >= 0.6 is 0 Å². The smallest absolute Gasteiger partial charge is 0.325 e. The van der Waals surface area contributed by atoms with Crippen molar-refractivity contribution in [1.29, 1.82) is 0 Å². The van der Waals surface area contributed by atoms with Crippen LogP contribution in [0.25, 0.3) is 0 Å². The molecule has 0 bridgehead atoms. The quantitative estimate of drug-likeness (QED) is 0.629. The van der Waals surface area contributed by atoms with Gasteiger partial charge in [0.1, 0.15) is 5.54 Å². The van der Waals surface area contributed by atoms with Gasteiger partial charge in [-0.05, 0) is 18.6 Å². The Hall–Kier alpha value is -2.22. The lowest BCUT2D eigenvalue weighted by Gasteiger charge is -2.20. The number of hydrogen-bond donors (Lipinski definition) is 3. The second kappa shape index (κ2) is 4.81. The summed E-state index contributed by atoms with van der Waals surface area (Å²) in [6.07, 6.45) is 0.348. The molecule has 1 aliphatic heterocycles. The summed E-state index contributed by atoms with van der Waals surface area (Å²) in [4.78, 5) is 24.1. The molecule has 1 aromatic rings. The number of amides is 1. The van der Waals surface area contributed by atoms with Crippen LogP contribution in [0.5, 0.6) is 0 Å². The number of carbonyl (C=O) groups is 2. The fraction of sp³-hybridized carbons (Fsp3) is 0.455. The third-order valence-corrected chi connectivity index (χ3v) is 3.16. The van der Waals surface area contributed by atoms with Gasteiger partial charge in [-0.3, -0.25) is 9.59 Å². The molecule has 1 fully saturated rings. The number of nitrogens with zero attached hydrogens (tertiary/aromatic N) is 3. The van der Waals surface area contributed by atoms with Gasteiger partial charge in [0.25, 0.3) is 5.91 Å². The van der Waals surface area contributed by atoms with E-state index in [0.717, 1.165) is 0 Å². The molecule has 0 spiro atoms. The zero-order chi connectivity index (χ0) is 14.0. The maximum Gasteiger partial charge on any atom is 0.325 e. The van der Waals surface area contributed by atoms with Gasteiger partial charge in [-0.2, -0.15) is 0 Å². The fourth-order valence-corrected chi connectivity index (χ4v) is 1.95. The van der Waals surface area contributed by atoms with Crippen LogP contribution in [0.15, 0.2) is 12.1 Å².